The second-order valence-corrected chi connectivity index (χ2v) is 7.84. The van der Waals surface area contributed by atoms with Crippen molar-refractivity contribution in [1.82, 2.24) is 19.9 Å². The van der Waals surface area contributed by atoms with Crippen molar-refractivity contribution in [2.24, 2.45) is 5.92 Å². The molecular weight excluding hydrogens is 380 g/mol. The molecule has 0 spiro atoms. The molecule has 2 aromatic carbocycles. The van der Waals surface area contributed by atoms with Gasteiger partial charge in [-0.1, -0.05) is 79.7 Å². The van der Waals surface area contributed by atoms with Crippen molar-refractivity contribution < 1.29 is 14.1 Å². The summed E-state index contributed by atoms with van der Waals surface area (Å²) in [4.78, 5) is 33.7. The molecule has 2 heterocycles. The maximum absolute atomic E-state index is 13.3. The minimum Gasteiger partial charge on any atom is -0.337 e. The molecule has 154 valence electrons. The van der Waals surface area contributed by atoms with E-state index in [2.05, 4.69) is 24.0 Å². The first-order valence-corrected chi connectivity index (χ1v) is 10.0. The number of amides is 3. The third kappa shape index (κ3) is 4.10. The predicted octanol–water partition coefficient (Wildman–Crippen LogP) is 3.97. The van der Waals surface area contributed by atoms with Gasteiger partial charge in [-0.3, -0.25) is 9.69 Å². The number of hydrogen-bond donors (Lipinski definition) is 0. The summed E-state index contributed by atoms with van der Waals surface area (Å²) in [6.45, 7) is 4.44. The van der Waals surface area contributed by atoms with E-state index in [-0.39, 0.29) is 24.4 Å². The third-order valence-electron chi connectivity index (χ3n) is 4.99. The number of imide groups is 1. The van der Waals surface area contributed by atoms with Gasteiger partial charge in [-0.15, -0.1) is 0 Å². The summed E-state index contributed by atoms with van der Waals surface area (Å²) in [6, 6.07) is 18.0. The second-order valence-electron chi connectivity index (χ2n) is 7.84. The molecule has 0 bridgehead atoms. The van der Waals surface area contributed by atoms with Crippen LogP contribution in [0.1, 0.15) is 42.7 Å². The zero-order valence-electron chi connectivity index (χ0n) is 17.1. The van der Waals surface area contributed by atoms with Crippen LogP contribution >= 0.6 is 0 Å². The predicted molar refractivity (Wildman–Crippen MR) is 110 cm³/mol. The van der Waals surface area contributed by atoms with E-state index in [0.29, 0.717) is 24.7 Å². The first-order valence-electron chi connectivity index (χ1n) is 10.0. The number of carbonyl (C=O) groups is 2. The maximum Gasteiger partial charge on any atom is 0.328 e. The van der Waals surface area contributed by atoms with Gasteiger partial charge in [0.25, 0.3) is 5.91 Å². The largest absolute Gasteiger partial charge is 0.337 e. The van der Waals surface area contributed by atoms with E-state index >= 15 is 0 Å². The maximum atomic E-state index is 13.3. The molecule has 7 nitrogen and oxygen atoms in total. The number of carbonyl (C=O) groups excluding carboxylic acids is 2. The van der Waals surface area contributed by atoms with Crippen molar-refractivity contribution in [3.8, 4) is 0 Å². The van der Waals surface area contributed by atoms with Crippen LogP contribution in [0.15, 0.2) is 65.2 Å². The van der Waals surface area contributed by atoms with Crippen LogP contribution in [0.5, 0.6) is 0 Å². The number of urea groups is 1. The molecule has 1 aliphatic heterocycles. The summed E-state index contributed by atoms with van der Waals surface area (Å²) in [5.74, 6) is 0.945. The molecule has 3 aromatic rings. The smallest absolute Gasteiger partial charge is 0.328 e. The van der Waals surface area contributed by atoms with Gasteiger partial charge in [0.1, 0.15) is 12.6 Å². The Morgan fingerprint density at radius 2 is 1.63 bits per heavy atom. The van der Waals surface area contributed by atoms with Crippen LogP contribution < -0.4 is 0 Å². The summed E-state index contributed by atoms with van der Waals surface area (Å²) in [5.41, 5.74) is 1.73. The molecule has 4 rings (SSSR count). The van der Waals surface area contributed by atoms with Crippen LogP contribution in [-0.2, 0) is 24.3 Å². The minimum absolute atomic E-state index is 0.0304. The molecule has 1 atom stereocenters. The van der Waals surface area contributed by atoms with Crippen LogP contribution in [0.25, 0.3) is 0 Å². The van der Waals surface area contributed by atoms with E-state index in [4.69, 9.17) is 4.52 Å². The summed E-state index contributed by atoms with van der Waals surface area (Å²) in [6.07, 6.45) is 0.679. The highest BCUT2D eigenvalue weighted by molar-refractivity contribution is 6.04. The van der Waals surface area contributed by atoms with Crippen molar-refractivity contribution in [2.45, 2.75) is 39.4 Å². The van der Waals surface area contributed by atoms with Crippen LogP contribution in [0.4, 0.5) is 4.79 Å². The van der Waals surface area contributed by atoms with Gasteiger partial charge < -0.3 is 9.42 Å². The molecule has 1 unspecified atom stereocenters. The number of hydrogen-bond acceptors (Lipinski definition) is 5. The first-order chi connectivity index (χ1) is 14.5. The van der Waals surface area contributed by atoms with E-state index in [1.165, 1.54) is 4.90 Å². The Labute approximate surface area is 175 Å². The van der Waals surface area contributed by atoms with E-state index in [0.717, 1.165) is 11.1 Å². The summed E-state index contributed by atoms with van der Waals surface area (Å²) < 4.78 is 5.29. The average molecular weight is 404 g/mol. The molecule has 30 heavy (non-hydrogen) atoms. The Bertz CT molecular complexity index is 1020. The fourth-order valence-electron chi connectivity index (χ4n) is 3.62. The SMILES string of the molecule is CC(C)Cc1noc(CN2C(=O)C(c3ccccc3)N(Cc3ccccc3)C2=O)n1. The Morgan fingerprint density at radius 3 is 2.30 bits per heavy atom. The van der Waals surface area contributed by atoms with Gasteiger partial charge in [-0.05, 0) is 17.0 Å². The number of aromatic nitrogens is 2. The van der Waals surface area contributed by atoms with Crippen molar-refractivity contribution >= 4 is 11.9 Å². The van der Waals surface area contributed by atoms with Crippen LogP contribution in [-0.4, -0.2) is 31.9 Å². The number of benzene rings is 2. The molecule has 3 amide bonds. The molecule has 1 aromatic heterocycles. The van der Waals surface area contributed by atoms with Gasteiger partial charge in [-0.25, -0.2) is 4.79 Å². The highest BCUT2D eigenvalue weighted by atomic mass is 16.5. The van der Waals surface area contributed by atoms with Gasteiger partial charge in [0, 0.05) is 13.0 Å². The molecule has 0 N–H and O–H groups in total. The summed E-state index contributed by atoms with van der Waals surface area (Å²) >= 11 is 0. The molecule has 7 heteroatoms. The third-order valence-corrected chi connectivity index (χ3v) is 4.99. The minimum atomic E-state index is -0.683. The molecule has 0 saturated carbocycles. The summed E-state index contributed by atoms with van der Waals surface area (Å²) in [7, 11) is 0. The zero-order chi connectivity index (χ0) is 21.1. The van der Waals surface area contributed by atoms with Crippen LogP contribution in [0, 0.1) is 5.92 Å². The Balaban J connectivity index is 1.61. The fraction of sp³-hybridized carbons (Fsp3) is 0.304. The highest BCUT2D eigenvalue weighted by Gasteiger charge is 2.46. The highest BCUT2D eigenvalue weighted by Crippen LogP contribution is 2.33. The van der Waals surface area contributed by atoms with Crippen molar-refractivity contribution in [3.05, 3.63) is 83.5 Å². The zero-order valence-corrected chi connectivity index (χ0v) is 17.1. The lowest BCUT2D eigenvalue weighted by atomic mass is 10.1. The van der Waals surface area contributed by atoms with Gasteiger partial charge in [0.15, 0.2) is 5.82 Å². The van der Waals surface area contributed by atoms with Crippen LogP contribution in [0.2, 0.25) is 0 Å². The molecule has 1 aliphatic rings. The topological polar surface area (TPSA) is 79.5 Å². The quantitative estimate of drug-likeness (QED) is 0.557. The molecule has 0 radical (unpaired) electrons. The van der Waals surface area contributed by atoms with E-state index in [1.54, 1.807) is 4.90 Å². The summed E-state index contributed by atoms with van der Waals surface area (Å²) in [5, 5.41) is 3.96. The molecule has 0 aliphatic carbocycles. The van der Waals surface area contributed by atoms with Gasteiger partial charge >= 0.3 is 6.03 Å². The van der Waals surface area contributed by atoms with Crippen molar-refractivity contribution in [3.63, 3.8) is 0 Å². The van der Waals surface area contributed by atoms with Crippen molar-refractivity contribution in [2.75, 3.05) is 0 Å². The van der Waals surface area contributed by atoms with Gasteiger partial charge in [0.05, 0.1) is 0 Å². The normalized spacial score (nSPS) is 16.7. The number of rotatable bonds is 7. The monoisotopic (exact) mass is 404 g/mol. The average Bonchev–Trinajstić information content (AvgIpc) is 3.27. The van der Waals surface area contributed by atoms with Crippen molar-refractivity contribution in [1.29, 1.82) is 0 Å². The fourth-order valence-corrected chi connectivity index (χ4v) is 3.62. The molecule has 1 fully saturated rings. The molecular formula is C23H24N4O3. The lowest BCUT2D eigenvalue weighted by Gasteiger charge is -2.22. The standard InChI is InChI=1S/C23H24N4O3/c1-16(2)13-19-24-20(30-25-19)15-27-22(28)21(18-11-7-4-8-12-18)26(23(27)29)14-17-9-5-3-6-10-17/h3-12,16,21H,13-15H2,1-2H3. The van der Waals surface area contributed by atoms with Crippen LogP contribution in [0.3, 0.4) is 0 Å². The molecule has 1 saturated heterocycles. The Kier molecular flexibility index (Phi) is 5.61. The number of nitrogens with zero attached hydrogens (tertiary/aromatic N) is 4. The van der Waals surface area contributed by atoms with Gasteiger partial charge in [-0.2, -0.15) is 4.98 Å². The Morgan fingerprint density at radius 1 is 0.967 bits per heavy atom. The van der Waals surface area contributed by atoms with E-state index in [9.17, 15) is 9.59 Å². The Hall–Kier alpha value is -3.48. The lowest BCUT2D eigenvalue weighted by molar-refractivity contribution is -0.129. The van der Waals surface area contributed by atoms with Gasteiger partial charge in [0.2, 0.25) is 5.89 Å². The first kappa shape index (κ1) is 19.8. The lowest BCUT2D eigenvalue weighted by Crippen LogP contribution is -2.32. The van der Waals surface area contributed by atoms with E-state index < -0.39 is 6.04 Å². The van der Waals surface area contributed by atoms with E-state index in [1.807, 2.05) is 60.7 Å². The second kappa shape index (κ2) is 8.49.